The Morgan fingerprint density at radius 2 is 1.75 bits per heavy atom. The van der Waals surface area contributed by atoms with E-state index in [2.05, 4.69) is 10.6 Å². The van der Waals surface area contributed by atoms with E-state index in [9.17, 15) is 27.5 Å². The fourth-order valence-electron chi connectivity index (χ4n) is 4.83. The highest BCUT2D eigenvalue weighted by molar-refractivity contribution is 7.89. The van der Waals surface area contributed by atoms with Crippen molar-refractivity contribution in [3.63, 3.8) is 0 Å². The van der Waals surface area contributed by atoms with Crippen LogP contribution in [0.4, 0.5) is 20.6 Å². The van der Waals surface area contributed by atoms with Crippen LogP contribution in [0.25, 0.3) is 0 Å². The lowest BCUT2D eigenvalue weighted by atomic mass is 10.0. The monoisotopic (exact) mass is 628 g/mol. The Morgan fingerprint density at radius 1 is 1.11 bits per heavy atom. The van der Waals surface area contributed by atoms with Gasteiger partial charge < -0.3 is 30.1 Å². The molecule has 0 spiro atoms. The molecule has 4 rings (SSSR count). The zero-order valence-corrected chi connectivity index (χ0v) is 25.8. The first kappa shape index (κ1) is 32.7. The third-order valence-corrected chi connectivity index (χ3v) is 9.32. The van der Waals surface area contributed by atoms with Crippen molar-refractivity contribution in [1.82, 2.24) is 9.21 Å². The van der Waals surface area contributed by atoms with Gasteiger partial charge in [-0.3, -0.25) is 4.79 Å². The van der Waals surface area contributed by atoms with Crippen LogP contribution in [0.3, 0.4) is 0 Å². The summed E-state index contributed by atoms with van der Waals surface area (Å²) in [5.74, 6) is -0.142. The number of hydrogen-bond acceptors (Lipinski definition) is 7. The van der Waals surface area contributed by atoms with Crippen molar-refractivity contribution < 1.29 is 37.0 Å². The molecule has 3 atom stereocenters. The van der Waals surface area contributed by atoms with E-state index < -0.39 is 34.0 Å². The summed E-state index contributed by atoms with van der Waals surface area (Å²) in [6.07, 6.45) is -0.774. The van der Waals surface area contributed by atoms with Crippen LogP contribution in [0.15, 0.2) is 71.6 Å². The molecule has 0 aliphatic carbocycles. The van der Waals surface area contributed by atoms with E-state index in [0.29, 0.717) is 28.4 Å². The Kier molecular flexibility index (Phi) is 10.4. The molecule has 0 bridgehead atoms. The number of benzene rings is 3. The number of ether oxygens (including phenoxy) is 2. The van der Waals surface area contributed by atoms with Crippen molar-refractivity contribution in [2.75, 3.05) is 44.5 Å². The largest absolute Gasteiger partial charge is 0.497 e. The fraction of sp³-hybridized carbons (Fsp3) is 0.355. The molecule has 0 fully saturated rings. The number of sulfonamides is 1. The molecule has 0 saturated carbocycles. The smallest absolute Gasteiger partial charge is 0.323 e. The molecule has 1 aliphatic heterocycles. The van der Waals surface area contributed by atoms with Crippen LogP contribution in [-0.2, 0) is 21.2 Å². The number of anilines is 2. The molecule has 1 heterocycles. The van der Waals surface area contributed by atoms with Crippen LogP contribution in [0.1, 0.15) is 19.4 Å². The van der Waals surface area contributed by atoms with Gasteiger partial charge in [0.25, 0.3) is 0 Å². The number of fused-ring (bicyclic) bond motifs is 1. The second-order valence-electron chi connectivity index (χ2n) is 10.8. The molecule has 0 radical (unpaired) electrons. The number of aliphatic hydroxyl groups excluding tert-OH is 1. The van der Waals surface area contributed by atoms with E-state index in [1.807, 2.05) is 6.92 Å². The Bertz CT molecular complexity index is 1570. The summed E-state index contributed by atoms with van der Waals surface area (Å²) in [6.45, 7) is 3.45. The van der Waals surface area contributed by atoms with Gasteiger partial charge in [0, 0.05) is 36.4 Å². The average Bonchev–Trinajstić information content (AvgIpc) is 3.04. The summed E-state index contributed by atoms with van der Waals surface area (Å²) in [5, 5.41) is 15.4. The Balaban J connectivity index is 1.60. The van der Waals surface area contributed by atoms with Crippen LogP contribution in [0.2, 0.25) is 0 Å². The summed E-state index contributed by atoms with van der Waals surface area (Å²) >= 11 is 0. The maximum atomic E-state index is 13.5. The van der Waals surface area contributed by atoms with Crippen LogP contribution in [0, 0.1) is 11.7 Å². The molecular weight excluding hydrogens is 591 g/mol. The molecule has 3 amide bonds. The topological polar surface area (TPSA) is 138 Å². The van der Waals surface area contributed by atoms with E-state index in [1.165, 1.54) is 19.2 Å². The minimum atomic E-state index is -3.98. The van der Waals surface area contributed by atoms with Crippen molar-refractivity contribution in [3.8, 4) is 11.5 Å². The van der Waals surface area contributed by atoms with Gasteiger partial charge in [-0.2, -0.15) is 4.31 Å². The fourth-order valence-corrected chi connectivity index (χ4v) is 6.01. The molecule has 3 N–H and O–H groups in total. The Morgan fingerprint density at radius 3 is 2.39 bits per heavy atom. The molecular formula is C31H37FN4O7S. The SMILES string of the molecule is COc1ccc(NC(=O)Nc2ccc3c(c2)CC(=O)N([C@@H](C)CO)C[C@H](C)[C@H](CN(C)S(=O)(=O)c2ccc(F)cc2)O3)cc1. The number of carbonyl (C=O) groups excluding carboxylic acids is 2. The van der Waals surface area contributed by atoms with Gasteiger partial charge in [0.1, 0.15) is 23.4 Å². The minimum Gasteiger partial charge on any atom is -0.497 e. The third kappa shape index (κ3) is 7.84. The first-order chi connectivity index (χ1) is 20.9. The van der Waals surface area contributed by atoms with Crippen molar-refractivity contribution in [1.29, 1.82) is 0 Å². The number of hydrogen-bond donors (Lipinski definition) is 3. The zero-order valence-electron chi connectivity index (χ0n) is 25.0. The van der Waals surface area contributed by atoms with Gasteiger partial charge in [-0.15, -0.1) is 0 Å². The number of methoxy groups -OCH3 is 1. The molecule has 13 heteroatoms. The summed E-state index contributed by atoms with van der Waals surface area (Å²) in [5.41, 5.74) is 1.44. The number of rotatable bonds is 9. The van der Waals surface area contributed by atoms with Crippen molar-refractivity contribution in [2.24, 2.45) is 5.92 Å². The lowest BCUT2D eigenvalue weighted by molar-refractivity contribution is -0.134. The van der Waals surface area contributed by atoms with Gasteiger partial charge >= 0.3 is 6.03 Å². The van der Waals surface area contributed by atoms with E-state index >= 15 is 0 Å². The highest BCUT2D eigenvalue weighted by Gasteiger charge is 2.33. The molecule has 236 valence electrons. The van der Waals surface area contributed by atoms with Crippen LogP contribution in [0.5, 0.6) is 11.5 Å². The number of carbonyl (C=O) groups is 2. The highest BCUT2D eigenvalue weighted by atomic mass is 32.2. The highest BCUT2D eigenvalue weighted by Crippen LogP contribution is 2.30. The van der Waals surface area contributed by atoms with E-state index in [4.69, 9.17) is 9.47 Å². The second kappa shape index (κ2) is 14.1. The standard InChI is InChI=1S/C31H37FN4O7S/c1-20-17-36(21(2)19-37)30(38)16-22-15-25(34-31(39)33-24-7-10-26(42-4)11-8-24)9-14-28(22)43-29(20)18-35(3)44(40,41)27-12-5-23(32)6-13-27/h5-15,20-21,29,37H,16-19H2,1-4H3,(H2,33,34,39)/t20-,21-,29-/m0/s1. The maximum absolute atomic E-state index is 13.5. The van der Waals surface area contributed by atoms with Crippen LogP contribution in [-0.4, -0.2) is 80.7 Å². The normalized spacial score (nSPS) is 17.9. The van der Waals surface area contributed by atoms with Gasteiger partial charge in [-0.25, -0.2) is 17.6 Å². The summed E-state index contributed by atoms with van der Waals surface area (Å²) < 4.78 is 52.6. The minimum absolute atomic E-state index is 0.0631. The average molecular weight is 629 g/mol. The summed E-state index contributed by atoms with van der Waals surface area (Å²) in [4.78, 5) is 27.7. The number of aliphatic hydroxyl groups is 1. The quantitative estimate of drug-likeness (QED) is 0.326. The van der Waals surface area contributed by atoms with E-state index in [0.717, 1.165) is 16.4 Å². The first-order valence-corrected chi connectivity index (χ1v) is 15.5. The van der Waals surface area contributed by atoms with Gasteiger partial charge in [0.05, 0.1) is 37.6 Å². The number of likely N-dealkylation sites (N-methyl/N-ethyl adjacent to an activating group) is 1. The predicted octanol–water partition coefficient (Wildman–Crippen LogP) is 3.95. The van der Waals surface area contributed by atoms with Crippen molar-refractivity contribution in [3.05, 3.63) is 78.1 Å². The number of nitrogens with one attached hydrogen (secondary N) is 2. The van der Waals surface area contributed by atoms with Crippen molar-refractivity contribution >= 4 is 33.3 Å². The molecule has 3 aromatic carbocycles. The molecule has 0 unspecified atom stereocenters. The molecule has 1 aliphatic rings. The predicted molar refractivity (Wildman–Crippen MR) is 164 cm³/mol. The molecule has 11 nitrogen and oxygen atoms in total. The number of urea groups is 1. The van der Waals surface area contributed by atoms with E-state index in [1.54, 1.807) is 61.4 Å². The lowest BCUT2D eigenvalue weighted by Crippen LogP contribution is -2.48. The summed E-state index contributed by atoms with van der Waals surface area (Å²) in [7, 11) is -1.02. The molecule has 0 saturated heterocycles. The zero-order chi connectivity index (χ0) is 32.0. The maximum Gasteiger partial charge on any atom is 0.323 e. The van der Waals surface area contributed by atoms with Crippen molar-refractivity contribution in [2.45, 2.75) is 37.3 Å². The molecule has 44 heavy (non-hydrogen) atoms. The Labute approximate surface area is 256 Å². The molecule has 3 aromatic rings. The number of halogens is 1. The third-order valence-electron chi connectivity index (χ3n) is 7.48. The van der Waals surface area contributed by atoms with Gasteiger partial charge in [0.2, 0.25) is 15.9 Å². The van der Waals surface area contributed by atoms with E-state index in [-0.39, 0.29) is 42.8 Å². The number of nitrogens with zero attached hydrogens (tertiary/aromatic N) is 2. The van der Waals surface area contributed by atoms with Gasteiger partial charge in [0.15, 0.2) is 0 Å². The summed E-state index contributed by atoms with van der Waals surface area (Å²) in [6, 6.07) is 15.3. The molecule has 0 aromatic heterocycles. The first-order valence-electron chi connectivity index (χ1n) is 14.0. The van der Waals surface area contributed by atoms with Gasteiger partial charge in [-0.1, -0.05) is 6.92 Å². The number of amides is 3. The van der Waals surface area contributed by atoms with Crippen LogP contribution >= 0.6 is 0 Å². The Hall–Kier alpha value is -4.20. The van der Waals surface area contributed by atoms with Gasteiger partial charge in [-0.05, 0) is 73.7 Å². The second-order valence-corrected chi connectivity index (χ2v) is 12.8. The van der Waals surface area contributed by atoms with Crippen LogP contribution < -0.4 is 20.1 Å². The lowest BCUT2D eigenvalue weighted by Gasteiger charge is -2.33.